The number of pyridine rings is 1. The predicted molar refractivity (Wildman–Crippen MR) is 76.2 cm³/mol. The second-order valence-electron chi connectivity index (χ2n) is 5.67. The van der Waals surface area contributed by atoms with E-state index in [1.54, 1.807) is 7.11 Å². The van der Waals surface area contributed by atoms with Gasteiger partial charge < -0.3 is 9.84 Å². The molecule has 0 bridgehead atoms. The van der Waals surface area contributed by atoms with Gasteiger partial charge in [-0.3, -0.25) is 0 Å². The molecular weight excluding hydrogens is 238 g/mol. The summed E-state index contributed by atoms with van der Waals surface area (Å²) in [5.41, 5.74) is 1.03. The van der Waals surface area contributed by atoms with E-state index in [1.807, 2.05) is 18.2 Å². The summed E-state index contributed by atoms with van der Waals surface area (Å²) in [6, 6.07) is 5.86. The summed E-state index contributed by atoms with van der Waals surface area (Å²) >= 11 is 0. The van der Waals surface area contributed by atoms with Crippen LogP contribution in [0.25, 0.3) is 0 Å². The molecule has 106 valence electrons. The van der Waals surface area contributed by atoms with Gasteiger partial charge in [-0.05, 0) is 43.6 Å². The quantitative estimate of drug-likeness (QED) is 0.887. The Hall–Kier alpha value is -1.09. The molecule has 3 heteroatoms. The van der Waals surface area contributed by atoms with E-state index in [9.17, 15) is 5.11 Å². The van der Waals surface area contributed by atoms with E-state index in [4.69, 9.17) is 4.74 Å². The lowest BCUT2D eigenvalue weighted by Crippen LogP contribution is -2.30. The maximum Gasteiger partial charge on any atom is 0.213 e. The highest BCUT2D eigenvalue weighted by molar-refractivity contribution is 5.16. The Morgan fingerprint density at radius 1 is 1.37 bits per heavy atom. The van der Waals surface area contributed by atoms with Crippen LogP contribution in [0.4, 0.5) is 0 Å². The van der Waals surface area contributed by atoms with Crippen LogP contribution >= 0.6 is 0 Å². The van der Waals surface area contributed by atoms with Gasteiger partial charge in [0.1, 0.15) is 0 Å². The molecule has 3 nitrogen and oxygen atoms in total. The van der Waals surface area contributed by atoms with Crippen molar-refractivity contribution in [2.24, 2.45) is 11.8 Å². The normalized spacial score (nSPS) is 27.2. The van der Waals surface area contributed by atoms with Crippen molar-refractivity contribution < 1.29 is 9.84 Å². The molecule has 1 N–H and O–H groups in total. The van der Waals surface area contributed by atoms with E-state index in [-0.39, 0.29) is 6.10 Å². The minimum atomic E-state index is -0.166. The van der Waals surface area contributed by atoms with Crippen molar-refractivity contribution in [3.05, 3.63) is 23.9 Å². The van der Waals surface area contributed by atoms with Gasteiger partial charge in [-0.1, -0.05) is 25.8 Å². The van der Waals surface area contributed by atoms with Gasteiger partial charge >= 0.3 is 0 Å². The number of aliphatic hydroxyl groups is 1. The Morgan fingerprint density at radius 2 is 2.21 bits per heavy atom. The van der Waals surface area contributed by atoms with Crippen LogP contribution in [0.2, 0.25) is 0 Å². The highest BCUT2D eigenvalue weighted by Gasteiger charge is 2.29. The first kappa shape index (κ1) is 14.3. The lowest BCUT2D eigenvalue weighted by atomic mass is 9.76. The third kappa shape index (κ3) is 3.93. The lowest BCUT2D eigenvalue weighted by molar-refractivity contribution is 0.0457. The fraction of sp³-hybridized carbons (Fsp3) is 0.688. The molecule has 1 aromatic rings. The van der Waals surface area contributed by atoms with E-state index in [2.05, 4.69) is 11.9 Å². The number of hydrogen-bond donors (Lipinski definition) is 1. The predicted octanol–water partition coefficient (Wildman–Crippen LogP) is 3.21. The van der Waals surface area contributed by atoms with Gasteiger partial charge in [-0.15, -0.1) is 0 Å². The smallest absolute Gasteiger partial charge is 0.213 e. The molecule has 0 amide bonds. The van der Waals surface area contributed by atoms with Gasteiger partial charge in [0, 0.05) is 11.8 Å². The molecule has 3 unspecified atom stereocenters. The molecule has 19 heavy (non-hydrogen) atoms. The summed E-state index contributed by atoms with van der Waals surface area (Å²) in [5.74, 6) is 1.79. The largest absolute Gasteiger partial charge is 0.481 e. The average molecular weight is 263 g/mol. The van der Waals surface area contributed by atoms with Gasteiger partial charge in [-0.25, -0.2) is 4.98 Å². The fourth-order valence-electron chi connectivity index (χ4n) is 3.19. The molecule has 2 rings (SSSR count). The van der Waals surface area contributed by atoms with Crippen molar-refractivity contribution in [2.45, 2.75) is 51.6 Å². The maximum absolute atomic E-state index is 10.2. The molecule has 1 heterocycles. The van der Waals surface area contributed by atoms with Gasteiger partial charge in [0.2, 0.25) is 5.88 Å². The van der Waals surface area contributed by atoms with Crippen molar-refractivity contribution in [1.29, 1.82) is 0 Å². The number of ether oxygens (including phenoxy) is 1. The highest BCUT2D eigenvalue weighted by Crippen LogP contribution is 2.34. The molecule has 1 aliphatic rings. The van der Waals surface area contributed by atoms with Crippen LogP contribution in [-0.2, 0) is 6.42 Å². The summed E-state index contributed by atoms with van der Waals surface area (Å²) in [5, 5.41) is 10.2. The molecule has 3 atom stereocenters. The van der Waals surface area contributed by atoms with Crippen LogP contribution in [0.5, 0.6) is 5.88 Å². The van der Waals surface area contributed by atoms with E-state index >= 15 is 0 Å². The van der Waals surface area contributed by atoms with Crippen LogP contribution in [0, 0.1) is 11.8 Å². The Kier molecular flexibility index (Phi) is 5.20. The monoisotopic (exact) mass is 263 g/mol. The van der Waals surface area contributed by atoms with Crippen molar-refractivity contribution in [3.8, 4) is 5.88 Å². The second-order valence-corrected chi connectivity index (χ2v) is 5.67. The van der Waals surface area contributed by atoms with Crippen LogP contribution < -0.4 is 4.74 Å². The molecule has 1 fully saturated rings. The highest BCUT2D eigenvalue weighted by atomic mass is 16.5. The maximum atomic E-state index is 10.2. The number of nitrogens with zero attached hydrogens (tertiary/aromatic N) is 1. The van der Waals surface area contributed by atoms with Crippen LogP contribution in [0.15, 0.2) is 18.2 Å². The first-order valence-electron chi connectivity index (χ1n) is 7.41. The Bertz CT molecular complexity index is 394. The lowest BCUT2D eigenvalue weighted by Gasteiger charge is -2.33. The Labute approximate surface area is 116 Å². The van der Waals surface area contributed by atoms with E-state index in [0.29, 0.717) is 11.8 Å². The average Bonchev–Trinajstić information content (AvgIpc) is 2.43. The fourth-order valence-corrected chi connectivity index (χ4v) is 3.19. The van der Waals surface area contributed by atoms with Gasteiger partial charge in [0.15, 0.2) is 0 Å². The first-order valence-corrected chi connectivity index (χ1v) is 7.41. The van der Waals surface area contributed by atoms with Crippen molar-refractivity contribution in [3.63, 3.8) is 0 Å². The number of aromatic nitrogens is 1. The number of aliphatic hydroxyl groups excluding tert-OH is 1. The Balaban J connectivity index is 1.99. The summed E-state index contributed by atoms with van der Waals surface area (Å²) < 4.78 is 5.16. The summed E-state index contributed by atoms with van der Waals surface area (Å²) in [6.07, 6.45) is 6.48. The Morgan fingerprint density at radius 3 is 2.95 bits per heavy atom. The summed E-state index contributed by atoms with van der Waals surface area (Å²) in [4.78, 5) is 4.46. The van der Waals surface area contributed by atoms with E-state index in [0.717, 1.165) is 30.9 Å². The molecule has 0 aromatic carbocycles. The second kappa shape index (κ2) is 6.90. The molecule has 0 radical (unpaired) electrons. The van der Waals surface area contributed by atoms with Crippen molar-refractivity contribution in [2.75, 3.05) is 7.11 Å². The van der Waals surface area contributed by atoms with E-state index < -0.39 is 0 Å². The minimum Gasteiger partial charge on any atom is -0.481 e. The molecule has 0 saturated heterocycles. The van der Waals surface area contributed by atoms with E-state index in [1.165, 1.54) is 19.3 Å². The number of hydrogen-bond acceptors (Lipinski definition) is 3. The summed E-state index contributed by atoms with van der Waals surface area (Å²) in [7, 11) is 1.64. The standard InChI is InChI=1S/C16H25NO2/c1-3-5-12-8-9-15(18)13(10-12)11-14-6-4-7-16(17-14)19-2/h4,6-7,12-13,15,18H,3,5,8-11H2,1-2H3. The van der Waals surface area contributed by atoms with Crippen LogP contribution in [0.3, 0.4) is 0 Å². The third-order valence-corrected chi connectivity index (χ3v) is 4.21. The van der Waals surface area contributed by atoms with Gasteiger partial charge in [0.25, 0.3) is 0 Å². The topological polar surface area (TPSA) is 42.4 Å². The molecule has 1 aliphatic carbocycles. The van der Waals surface area contributed by atoms with Gasteiger partial charge in [-0.2, -0.15) is 0 Å². The zero-order valence-corrected chi connectivity index (χ0v) is 12.0. The first-order chi connectivity index (χ1) is 9.22. The van der Waals surface area contributed by atoms with Crippen molar-refractivity contribution in [1.82, 2.24) is 4.98 Å². The molecular formula is C16H25NO2. The molecule has 0 aliphatic heterocycles. The molecule has 1 saturated carbocycles. The van der Waals surface area contributed by atoms with Crippen LogP contribution in [-0.4, -0.2) is 23.3 Å². The zero-order valence-electron chi connectivity index (χ0n) is 12.0. The SMILES string of the molecule is CCCC1CCC(O)C(Cc2cccc(OC)n2)C1. The number of methoxy groups -OCH3 is 1. The molecule has 0 spiro atoms. The summed E-state index contributed by atoms with van der Waals surface area (Å²) in [6.45, 7) is 2.24. The van der Waals surface area contributed by atoms with Crippen molar-refractivity contribution >= 4 is 0 Å². The van der Waals surface area contributed by atoms with Crippen LogP contribution in [0.1, 0.15) is 44.7 Å². The van der Waals surface area contributed by atoms with Gasteiger partial charge in [0.05, 0.1) is 13.2 Å². The molecule has 1 aromatic heterocycles. The third-order valence-electron chi connectivity index (χ3n) is 4.21. The minimum absolute atomic E-state index is 0.166. The number of rotatable bonds is 5. The zero-order chi connectivity index (χ0) is 13.7.